The molecule has 36 heavy (non-hydrogen) atoms. The van der Waals surface area contributed by atoms with Crippen molar-refractivity contribution in [2.75, 3.05) is 10.2 Å². The minimum atomic E-state index is -1.22. The van der Waals surface area contributed by atoms with Crippen molar-refractivity contribution in [3.8, 4) is 0 Å². The summed E-state index contributed by atoms with van der Waals surface area (Å²) in [6.07, 6.45) is 8.21. The molecule has 4 heterocycles. The summed E-state index contributed by atoms with van der Waals surface area (Å²) in [4.78, 5) is 43.0. The standard InChI is InChI=1S/C27H30N4O5/c1-15-8-6-7-11-18(15)31-23(25(33)28-17-9-4-3-5-10-17)27-13-12-19(35-27)21(22(27)26(31)34)24(32)29-20-14-16(2)36-30-20/h6-8,11-14,17,19,21-23H,3-5,9-10H2,1-2H3,(H,28,33)(H,29,30,32)/t19-,21-,22-,23-,27-/m1/s1. The molecule has 188 valence electrons. The summed E-state index contributed by atoms with van der Waals surface area (Å²) in [6.45, 7) is 3.65. The van der Waals surface area contributed by atoms with Gasteiger partial charge in [0.15, 0.2) is 5.82 Å². The second kappa shape index (κ2) is 8.58. The van der Waals surface area contributed by atoms with Crippen molar-refractivity contribution >= 4 is 29.2 Å². The largest absolute Gasteiger partial charge is 0.360 e. The summed E-state index contributed by atoms with van der Waals surface area (Å²) < 4.78 is 11.5. The molecular formula is C27H30N4O5. The van der Waals surface area contributed by atoms with Crippen molar-refractivity contribution in [1.29, 1.82) is 0 Å². The van der Waals surface area contributed by atoms with Crippen LogP contribution in [0.25, 0.3) is 0 Å². The molecule has 9 nitrogen and oxygen atoms in total. The SMILES string of the molecule is Cc1cc(NC(=O)[C@@H]2[C@H]3C=C[C@@]4(O3)[C@H]2C(=O)N(c2ccccc2C)[C@@H]4C(=O)NC2CCCCC2)no1. The number of ether oxygens (including phenoxy) is 1. The van der Waals surface area contributed by atoms with E-state index in [2.05, 4.69) is 15.8 Å². The number of aromatic nitrogens is 1. The van der Waals surface area contributed by atoms with E-state index < -0.39 is 29.6 Å². The fraction of sp³-hybridized carbons (Fsp3) is 0.481. The number of nitrogens with zero attached hydrogens (tertiary/aromatic N) is 2. The summed E-state index contributed by atoms with van der Waals surface area (Å²) in [7, 11) is 0. The Morgan fingerprint density at radius 3 is 2.61 bits per heavy atom. The Morgan fingerprint density at radius 1 is 1.11 bits per heavy atom. The summed E-state index contributed by atoms with van der Waals surface area (Å²) >= 11 is 0. The van der Waals surface area contributed by atoms with E-state index in [1.807, 2.05) is 43.3 Å². The van der Waals surface area contributed by atoms with Crippen LogP contribution >= 0.6 is 0 Å². The van der Waals surface area contributed by atoms with E-state index in [0.717, 1.165) is 31.2 Å². The van der Waals surface area contributed by atoms with Gasteiger partial charge in [0, 0.05) is 17.8 Å². The molecule has 9 heteroatoms. The van der Waals surface area contributed by atoms with Crippen LogP contribution < -0.4 is 15.5 Å². The van der Waals surface area contributed by atoms with E-state index in [0.29, 0.717) is 11.4 Å². The zero-order chi connectivity index (χ0) is 25.0. The highest BCUT2D eigenvalue weighted by molar-refractivity contribution is 6.11. The lowest BCUT2D eigenvalue weighted by Crippen LogP contribution is -2.56. The van der Waals surface area contributed by atoms with Crippen molar-refractivity contribution in [2.24, 2.45) is 11.8 Å². The van der Waals surface area contributed by atoms with Crippen LogP contribution in [-0.4, -0.2) is 46.7 Å². The number of hydrogen-bond acceptors (Lipinski definition) is 6. The van der Waals surface area contributed by atoms with Gasteiger partial charge in [0.05, 0.1) is 17.9 Å². The molecule has 2 saturated heterocycles. The van der Waals surface area contributed by atoms with Gasteiger partial charge in [-0.3, -0.25) is 19.3 Å². The molecule has 1 spiro atoms. The quantitative estimate of drug-likeness (QED) is 0.623. The molecule has 1 aromatic carbocycles. The predicted octanol–water partition coefficient (Wildman–Crippen LogP) is 3.03. The number of rotatable bonds is 5. The van der Waals surface area contributed by atoms with Crippen molar-refractivity contribution in [1.82, 2.24) is 10.5 Å². The van der Waals surface area contributed by atoms with Gasteiger partial charge in [-0.15, -0.1) is 0 Å². The number of hydrogen-bond donors (Lipinski definition) is 2. The molecule has 2 aromatic rings. The third-order valence-electron chi connectivity index (χ3n) is 8.03. The number of carbonyl (C=O) groups is 3. The van der Waals surface area contributed by atoms with Crippen LogP contribution in [0.15, 0.2) is 47.0 Å². The van der Waals surface area contributed by atoms with Crippen LogP contribution in [0.1, 0.15) is 43.4 Å². The Hall–Kier alpha value is -3.46. The van der Waals surface area contributed by atoms with Gasteiger partial charge in [-0.25, -0.2) is 0 Å². The third-order valence-corrected chi connectivity index (χ3v) is 8.03. The molecule has 4 aliphatic rings. The van der Waals surface area contributed by atoms with E-state index >= 15 is 0 Å². The number of anilines is 2. The molecule has 0 unspecified atom stereocenters. The zero-order valence-electron chi connectivity index (χ0n) is 20.4. The topological polar surface area (TPSA) is 114 Å². The molecule has 3 aliphatic heterocycles. The average Bonchev–Trinajstić information content (AvgIpc) is 3.61. The predicted molar refractivity (Wildman–Crippen MR) is 131 cm³/mol. The second-order valence-electron chi connectivity index (χ2n) is 10.4. The number of benzene rings is 1. The number of para-hydroxylation sites is 1. The molecule has 5 atom stereocenters. The van der Waals surface area contributed by atoms with Crippen LogP contribution in [0.3, 0.4) is 0 Å². The maximum Gasteiger partial charge on any atom is 0.246 e. The first kappa shape index (κ1) is 23.0. The second-order valence-corrected chi connectivity index (χ2v) is 10.4. The monoisotopic (exact) mass is 490 g/mol. The lowest BCUT2D eigenvalue weighted by molar-refractivity contribution is -0.129. The Labute approximate surface area is 209 Å². The van der Waals surface area contributed by atoms with Crippen LogP contribution in [0.2, 0.25) is 0 Å². The zero-order valence-corrected chi connectivity index (χ0v) is 20.4. The van der Waals surface area contributed by atoms with Gasteiger partial charge >= 0.3 is 0 Å². The van der Waals surface area contributed by atoms with Gasteiger partial charge in [0.1, 0.15) is 17.4 Å². The molecular weight excluding hydrogens is 460 g/mol. The van der Waals surface area contributed by atoms with E-state index in [-0.39, 0.29) is 29.6 Å². The summed E-state index contributed by atoms with van der Waals surface area (Å²) in [6, 6.07) is 8.29. The van der Waals surface area contributed by atoms with Crippen molar-refractivity contribution in [3.05, 3.63) is 53.8 Å². The van der Waals surface area contributed by atoms with Crippen molar-refractivity contribution < 1.29 is 23.6 Å². The van der Waals surface area contributed by atoms with E-state index in [9.17, 15) is 14.4 Å². The first-order valence-corrected chi connectivity index (χ1v) is 12.7. The van der Waals surface area contributed by atoms with Gasteiger partial charge in [-0.2, -0.15) is 0 Å². The molecule has 1 aromatic heterocycles. The minimum absolute atomic E-state index is 0.0765. The molecule has 2 bridgehead atoms. The summed E-state index contributed by atoms with van der Waals surface area (Å²) in [5.41, 5.74) is 0.307. The smallest absolute Gasteiger partial charge is 0.246 e. The van der Waals surface area contributed by atoms with E-state index in [1.54, 1.807) is 17.9 Å². The number of carbonyl (C=O) groups excluding carboxylic acids is 3. The molecule has 3 fully saturated rings. The van der Waals surface area contributed by atoms with E-state index in [4.69, 9.17) is 9.26 Å². The van der Waals surface area contributed by atoms with Gasteiger partial charge in [0.2, 0.25) is 17.7 Å². The third kappa shape index (κ3) is 3.48. The van der Waals surface area contributed by atoms with Crippen molar-refractivity contribution in [3.63, 3.8) is 0 Å². The summed E-state index contributed by atoms with van der Waals surface area (Å²) in [5, 5.41) is 9.82. The number of amides is 3. The van der Waals surface area contributed by atoms with Gasteiger partial charge in [-0.1, -0.05) is 54.8 Å². The Bertz CT molecular complexity index is 1250. The number of fused-ring (bicyclic) bond motifs is 1. The normalized spacial score (nSPS) is 31.1. The Kier molecular flexibility index (Phi) is 5.48. The molecule has 6 rings (SSSR count). The molecule has 2 N–H and O–H groups in total. The highest BCUT2D eigenvalue weighted by atomic mass is 16.5. The fourth-order valence-electron chi connectivity index (χ4n) is 6.43. The van der Waals surface area contributed by atoms with Crippen molar-refractivity contribution in [2.45, 2.75) is 69.7 Å². The average molecular weight is 491 g/mol. The first-order chi connectivity index (χ1) is 17.4. The minimum Gasteiger partial charge on any atom is -0.360 e. The highest BCUT2D eigenvalue weighted by Crippen LogP contribution is 2.56. The Morgan fingerprint density at radius 2 is 1.89 bits per heavy atom. The maximum absolute atomic E-state index is 14.1. The van der Waals surface area contributed by atoms with Gasteiger partial charge in [0.25, 0.3) is 0 Å². The van der Waals surface area contributed by atoms with Gasteiger partial charge in [-0.05, 0) is 38.3 Å². The first-order valence-electron chi connectivity index (χ1n) is 12.7. The fourth-order valence-corrected chi connectivity index (χ4v) is 6.43. The van der Waals surface area contributed by atoms with E-state index in [1.165, 1.54) is 6.42 Å². The van der Waals surface area contributed by atoms with Gasteiger partial charge < -0.3 is 19.9 Å². The van der Waals surface area contributed by atoms with Crippen LogP contribution in [-0.2, 0) is 19.1 Å². The summed E-state index contributed by atoms with van der Waals surface area (Å²) in [5.74, 6) is -1.67. The Balaban J connectivity index is 1.38. The van der Waals surface area contributed by atoms with Crippen LogP contribution in [0.5, 0.6) is 0 Å². The maximum atomic E-state index is 14.1. The molecule has 1 saturated carbocycles. The lowest BCUT2D eigenvalue weighted by Gasteiger charge is -2.34. The number of nitrogens with one attached hydrogen (secondary N) is 2. The lowest BCUT2D eigenvalue weighted by atomic mass is 9.74. The highest BCUT2D eigenvalue weighted by Gasteiger charge is 2.73. The van der Waals surface area contributed by atoms with Crippen LogP contribution in [0, 0.1) is 25.7 Å². The number of aryl methyl sites for hydroxylation is 2. The molecule has 0 radical (unpaired) electrons. The molecule has 1 aliphatic carbocycles. The van der Waals surface area contributed by atoms with Crippen LogP contribution in [0.4, 0.5) is 11.5 Å². The molecule has 3 amide bonds.